The molecule has 82 valence electrons. The average Bonchev–Trinajstić information content (AvgIpc) is 2.29. The van der Waals surface area contributed by atoms with Crippen molar-refractivity contribution in [3.05, 3.63) is 48.5 Å². The van der Waals surface area contributed by atoms with Crippen LogP contribution < -0.4 is 12.5 Å². The van der Waals surface area contributed by atoms with Gasteiger partial charge in [0.05, 0.1) is 0 Å². The summed E-state index contributed by atoms with van der Waals surface area (Å²) in [5, 5.41) is 3.37. The van der Waals surface area contributed by atoms with Gasteiger partial charge in [-0.15, -0.1) is 0 Å². The van der Waals surface area contributed by atoms with Crippen molar-refractivity contribution in [1.29, 1.82) is 0 Å². The van der Waals surface area contributed by atoms with Crippen molar-refractivity contribution < 1.29 is 0 Å². The molecule has 1 N–H and O–H groups in total. The normalized spacial score (nSPS) is 17.9. The molecule has 0 saturated heterocycles. The summed E-state index contributed by atoms with van der Waals surface area (Å²) in [4.78, 5) is 0. The minimum absolute atomic E-state index is 1.05. The predicted octanol–water partition coefficient (Wildman–Crippen LogP) is 2.78. The number of halogens is 2. The Hall–Kier alpha value is -0.390. The van der Waals surface area contributed by atoms with Crippen molar-refractivity contribution in [1.82, 2.24) is 0 Å². The monoisotopic (exact) mass is 367 g/mol. The summed E-state index contributed by atoms with van der Waals surface area (Å²) in [7, 11) is 13.3. The van der Waals surface area contributed by atoms with Gasteiger partial charge in [0.2, 0.25) is 0 Å². The molecule has 2 aromatic rings. The Balaban J connectivity index is 2.28. The molecule has 0 aromatic heterocycles. The third-order valence-corrected chi connectivity index (χ3v) is 12.2. The Labute approximate surface area is 106 Å². The number of hydrogen-bond acceptors (Lipinski definition) is 1. The van der Waals surface area contributed by atoms with Crippen LogP contribution >= 0.6 is 17.9 Å². The van der Waals surface area contributed by atoms with Crippen molar-refractivity contribution in [2.45, 2.75) is 0 Å². The number of para-hydroxylation sites is 2. The minimum atomic E-state index is -3.13. The Morgan fingerprint density at radius 2 is 1.19 bits per heavy atom. The summed E-state index contributed by atoms with van der Waals surface area (Å²) in [6.45, 7) is 0. The van der Waals surface area contributed by atoms with Crippen LogP contribution in [-0.2, 0) is 0 Å². The molecule has 1 heterocycles. The zero-order valence-corrected chi connectivity index (χ0v) is 12.1. The van der Waals surface area contributed by atoms with Crippen molar-refractivity contribution in [2.24, 2.45) is 0 Å². The third kappa shape index (κ3) is 1.53. The molecule has 0 atom stereocenters. The van der Waals surface area contributed by atoms with Gasteiger partial charge < -0.3 is 0 Å². The van der Waals surface area contributed by atoms with Crippen LogP contribution in [0.15, 0.2) is 48.5 Å². The van der Waals surface area contributed by atoms with E-state index in [1.807, 2.05) is 48.5 Å². The van der Waals surface area contributed by atoms with Gasteiger partial charge in [0.25, 0.3) is 0 Å². The third-order valence-electron chi connectivity index (χ3n) is 2.60. The van der Waals surface area contributed by atoms with E-state index in [1.54, 1.807) is 0 Å². The van der Waals surface area contributed by atoms with E-state index in [9.17, 15) is 0 Å². The number of rotatable bonds is 0. The van der Waals surface area contributed by atoms with E-state index >= 15 is 0 Å². The first kappa shape index (κ1) is 10.7. The van der Waals surface area contributed by atoms with Crippen molar-refractivity contribution in [2.75, 3.05) is 5.32 Å². The fourth-order valence-corrected chi connectivity index (χ4v) is 9.82. The van der Waals surface area contributed by atoms with E-state index in [2.05, 4.69) is 5.32 Å². The molecule has 1 aliphatic rings. The Bertz CT molecular complexity index is 507. The number of hydrogen-bond donors (Lipinski definition) is 1. The molecule has 0 aliphatic carbocycles. The fraction of sp³-hybridized carbons (Fsp3) is 0. The average molecular weight is 366 g/mol. The maximum atomic E-state index is 6.65. The predicted molar refractivity (Wildman–Crippen MR) is 72.9 cm³/mol. The number of benzene rings is 2. The van der Waals surface area contributed by atoms with Gasteiger partial charge in [0.1, 0.15) is 0 Å². The number of anilines is 2. The Morgan fingerprint density at radius 1 is 0.750 bits per heavy atom. The quantitative estimate of drug-likeness (QED) is 0.708. The maximum absolute atomic E-state index is 6.65. The van der Waals surface area contributed by atoms with Crippen molar-refractivity contribution in [3.63, 3.8) is 0 Å². The van der Waals surface area contributed by atoms with Gasteiger partial charge in [0, 0.05) is 0 Å². The first-order chi connectivity index (χ1) is 7.69. The van der Waals surface area contributed by atoms with E-state index < -0.39 is 15.9 Å². The summed E-state index contributed by atoms with van der Waals surface area (Å²) >= 11 is -3.13. The summed E-state index contributed by atoms with van der Waals surface area (Å²) in [5.74, 6) is 0. The van der Waals surface area contributed by atoms with Gasteiger partial charge in [-0.1, -0.05) is 0 Å². The summed E-state index contributed by atoms with van der Waals surface area (Å²) < 4.78 is 2.18. The van der Waals surface area contributed by atoms with Gasteiger partial charge >= 0.3 is 106 Å². The van der Waals surface area contributed by atoms with Crippen LogP contribution in [-0.4, -0.2) is 15.9 Å². The van der Waals surface area contributed by atoms with Gasteiger partial charge in [0.15, 0.2) is 0 Å². The first-order valence-corrected chi connectivity index (χ1v) is 13.1. The molecular weight excluding hydrogens is 357 g/mol. The topological polar surface area (TPSA) is 12.0 Å². The van der Waals surface area contributed by atoms with E-state index in [0.717, 1.165) is 18.6 Å². The zero-order valence-electron chi connectivity index (χ0n) is 8.28. The second-order valence-corrected chi connectivity index (χ2v) is 16.0. The second-order valence-electron chi connectivity index (χ2n) is 3.59. The van der Waals surface area contributed by atoms with E-state index in [-0.39, 0.29) is 0 Å². The molecule has 2 aromatic carbocycles. The molecule has 1 aliphatic heterocycles. The molecule has 0 bridgehead atoms. The molecule has 3 rings (SSSR count). The SMILES string of the molecule is Cl[Te]1(Cl)c2ccccc2Nc2ccccc21. The molecule has 16 heavy (non-hydrogen) atoms. The Morgan fingerprint density at radius 3 is 1.69 bits per heavy atom. The fourth-order valence-electron chi connectivity index (χ4n) is 1.85. The van der Waals surface area contributed by atoms with Crippen LogP contribution in [0, 0.1) is 0 Å². The first-order valence-electron chi connectivity index (χ1n) is 4.87. The van der Waals surface area contributed by atoms with Crippen LogP contribution in [0.25, 0.3) is 0 Å². The van der Waals surface area contributed by atoms with Crippen LogP contribution in [0.4, 0.5) is 11.4 Å². The molecule has 4 heteroatoms. The summed E-state index contributed by atoms with van der Waals surface area (Å²) in [6, 6.07) is 16.1. The van der Waals surface area contributed by atoms with Gasteiger partial charge in [-0.3, -0.25) is 0 Å². The molecule has 0 unspecified atom stereocenters. The molecule has 0 spiro atoms. The van der Waals surface area contributed by atoms with Crippen LogP contribution in [0.1, 0.15) is 0 Å². The molecule has 0 radical (unpaired) electrons. The molecular formula is C12H9Cl2NTe. The molecule has 0 saturated carbocycles. The van der Waals surface area contributed by atoms with Crippen LogP contribution in [0.2, 0.25) is 0 Å². The molecule has 0 fully saturated rings. The van der Waals surface area contributed by atoms with E-state index in [1.165, 1.54) is 0 Å². The van der Waals surface area contributed by atoms with Gasteiger partial charge in [-0.2, -0.15) is 0 Å². The molecule has 0 amide bonds. The van der Waals surface area contributed by atoms with Crippen molar-refractivity contribution >= 4 is 52.5 Å². The van der Waals surface area contributed by atoms with E-state index in [4.69, 9.17) is 17.9 Å². The summed E-state index contributed by atoms with van der Waals surface area (Å²) in [6.07, 6.45) is 0. The number of fused-ring (bicyclic) bond motifs is 2. The standard InChI is InChI=1S/C12H9Cl2NTe/c13-16(14)11-7-3-1-5-9(11)15-10-6-2-4-8-12(10)16/h1-8,15H. The van der Waals surface area contributed by atoms with Crippen LogP contribution in [0.3, 0.4) is 0 Å². The van der Waals surface area contributed by atoms with Crippen molar-refractivity contribution in [3.8, 4) is 0 Å². The second kappa shape index (κ2) is 3.82. The van der Waals surface area contributed by atoms with Gasteiger partial charge in [-0.25, -0.2) is 0 Å². The number of nitrogens with one attached hydrogen (secondary N) is 1. The van der Waals surface area contributed by atoms with Gasteiger partial charge in [-0.05, 0) is 0 Å². The van der Waals surface area contributed by atoms with Crippen LogP contribution in [0.5, 0.6) is 0 Å². The Kier molecular flexibility index (Phi) is 2.57. The molecule has 1 nitrogen and oxygen atoms in total. The van der Waals surface area contributed by atoms with E-state index in [0.29, 0.717) is 0 Å². The zero-order chi connectivity index (χ0) is 11.2. The summed E-state index contributed by atoms with van der Waals surface area (Å²) in [5.41, 5.74) is 2.10.